The molecule has 1 aromatic carbocycles. The Bertz CT molecular complexity index is 664. The maximum atomic E-state index is 12.6. The fourth-order valence-electron chi connectivity index (χ4n) is 3.47. The molecular weight excluding hydrogens is 310 g/mol. The second-order valence-electron chi connectivity index (χ2n) is 6.47. The van der Waals surface area contributed by atoms with Gasteiger partial charge in [-0.1, -0.05) is 0 Å². The highest BCUT2D eigenvalue weighted by molar-refractivity contribution is 5.95. The van der Waals surface area contributed by atoms with Gasteiger partial charge in [-0.25, -0.2) is 0 Å². The fraction of sp³-hybridized carbons (Fsp3) is 0.529. The summed E-state index contributed by atoms with van der Waals surface area (Å²) in [5, 5.41) is 0. The molecule has 0 spiro atoms. The van der Waals surface area contributed by atoms with Gasteiger partial charge in [-0.2, -0.15) is 0 Å². The lowest BCUT2D eigenvalue weighted by Crippen LogP contribution is -2.64. The van der Waals surface area contributed by atoms with Gasteiger partial charge in [0, 0.05) is 57.8 Å². The first-order valence-electron chi connectivity index (χ1n) is 8.30. The minimum Gasteiger partial charge on any atom is -0.454 e. The third-order valence-corrected chi connectivity index (χ3v) is 5.04. The van der Waals surface area contributed by atoms with Crippen LogP contribution in [-0.4, -0.2) is 78.6 Å². The molecule has 2 saturated heterocycles. The number of piperazine rings is 1. The minimum absolute atomic E-state index is 0.0342. The number of hydrogen-bond donors (Lipinski definition) is 0. The Balaban J connectivity index is 1.31. The van der Waals surface area contributed by atoms with E-state index in [0.29, 0.717) is 23.1 Å². The van der Waals surface area contributed by atoms with Crippen molar-refractivity contribution in [2.45, 2.75) is 13.0 Å². The predicted molar refractivity (Wildman–Crippen MR) is 86.1 cm³/mol. The number of rotatable bonds is 2. The van der Waals surface area contributed by atoms with Crippen molar-refractivity contribution in [1.82, 2.24) is 14.7 Å². The van der Waals surface area contributed by atoms with Gasteiger partial charge in [-0.3, -0.25) is 14.5 Å². The van der Waals surface area contributed by atoms with E-state index < -0.39 is 0 Å². The van der Waals surface area contributed by atoms with Gasteiger partial charge in [0.15, 0.2) is 11.5 Å². The first kappa shape index (κ1) is 15.3. The zero-order chi connectivity index (χ0) is 16.7. The Morgan fingerprint density at radius 1 is 1.00 bits per heavy atom. The van der Waals surface area contributed by atoms with Crippen LogP contribution in [0.4, 0.5) is 0 Å². The summed E-state index contributed by atoms with van der Waals surface area (Å²) in [7, 11) is 0. The molecule has 0 bridgehead atoms. The van der Waals surface area contributed by atoms with Crippen molar-refractivity contribution in [3.63, 3.8) is 0 Å². The molecule has 0 saturated carbocycles. The van der Waals surface area contributed by atoms with Crippen molar-refractivity contribution < 1.29 is 19.1 Å². The molecule has 3 aliphatic heterocycles. The van der Waals surface area contributed by atoms with E-state index in [1.165, 1.54) is 0 Å². The second-order valence-corrected chi connectivity index (χ2v) is 6.47. The molecule has 0 unspecified atom stereocenters. The van der Waals surface area contributed by atoms with Crippen LogP contribution in [0, 0.1) is 0 Å². The number of hydrogen-bond acceptors (Lipinski definition) is 5. The first-order chi connectivity index (χ1) is 11.6. The molecule has 0 N–H and O–H groups in total. The highest BCUT2D eigenvalue weighted by Gasteiger charge is 2.36. The number of ether oxygens (including phenoxy) is 2. The number of fused-ring (bicyclic) bond motifs is 1. The van der Waals surface area contributed by atoms with Crippen LogP contribution >= 0.6 is 0 Å². The van der Waals surface area contributed by atoms with E-state index in [-0.39, 0.29) is 18.6 Å². The largest absolute Gasteiger partial charge is 0.454 e. The molecule has 2 amide bonds. The summed E-state index contributed by atoms with van der Waals surface area (Å²) in [6, 6.07) is 5.73. The van der Waals surface area contributed by atoms with Gasteiger partial charge in [0.1, 0.15) is 0 Å². The van der Waals surface area contributed by atoms with E-state index in [1.54, 1.807) is 25.1 Å². The number of nitrogens with zero attached hydrogens (tertiary/aromatic N) is 3. The lowest BCUT2D eigenvalue weighted by Gasteiger charge is -2.48. The van der Waals surface area contributed by atoms with E-state index in [1.807, 2.05) is 9.80 Å². The Labute approximate surface area is 140 Å². The minimum atomic E-state index is 0.0342. The molecule has 1 aromatic rings. The molecule has 0 atom stereocenters. The zero-order valence-electron chi connectivity index (χ0n) is 13.7. The number of benzene rings is 1. The standard InChI is InChI=1S/C17H21N3O4/c1-12(21)18-4-6-19(7-5-18)14-9-20(10-14)17(22)13-2-3-15-16(8-13)24-11-23-15/h2-3,8,14H,4-7,9-11H2,1H3. The van der Waals surface area contributed by atoms with Gasteiger partial charge in [0.25, 0.3) is 5.91 Å². The van der Waals surface area contributed by atoms with Crippen LogP contribution in [0.5, 0.6) is 11.5 Å². The van der Waals surface area contributed by atoms with Crippen molar-refractivity contribution in [1.29, 1.82) is 0 Å². The molecule has 0 aromatic heterocycles. The molecule has 128 valence electrons. The van der Waals surface area contributed by atoms with E-state index in [0.717, 1.165) is 39.3 Å². The Hall–Kier alpha value is -2.28. The predicted octanol–water partition coefficient (Wildman–Crippen LogP) is 0.404. The third kappa shape index (κ3) is 2.69. The van der Waals surface area contributed by atoms with E-state index >= 15 is 0 Å². The molecule has 2 fully saturated rings. The Morgan fingerprint density at radius 3 is 2.42 bits per heavy atom. The molecule has 4 rings (SSSR count). The normalized spacial score (nSPS) is 20.9. The molecule has 0 aliphatic carbocycles. The average molecular weight is 331 g/mol. The molecule has 24 heavy (non-hydrogen) atoms. The smallest absolute Gasteiger partial charge is 0.254 e. The van der Waals surface area contributed by atoms with Crippen LogP contribution in [0.15, 0.2) is 18.2 Å². The summed E-state index contributed by atoms with van der Waals surface area (Å²) in [6.45, 7) is 6.65. The van der Waals surface area contributed by atoms with Gasteiger partial charge in [-0.15, -0.1) is 0 Å². The van der Waals surface area contributed by atoms with Gasteiger partial charge < -0.3 is 19.3 Å². The van der Waals surface area contributed by atoms with Crippen molar-refractivity contribution in [2.75, 3.05) is 46.1 Å². The van der Waals surface area contributed by atoms with Crippen LogP contribution in [0.25, 0.3) is 0 Å². The van der Waals surface area contributed by atoms with Crippen LogP contribution in [-0.2, 0) is 4.79 Å². The van der Waals surface area contributed by atoms with Crippen LogP contribution in [0.1, 0.15) is 17.3 Å². The SMILES string of the molecule is CC(=O)N1CCN(C2CN(C(=O)c3ccc4c(c3)OCO4)C2)CC1. The van der Waals surface area contributed by atoms with Crippen molar-refractivity contribution >= 4 is 11.8 Å². The van der Waals surface area contributed by atoms with Gasteiger partial charge in [0.2, 0.25) is 12.7 Å². The maximum Gasteiger partial charge on any atom is 0.254 e. The lowest BCUT2D eigenvalue weighted by molar-refractivity contribution is -0.131. The number of carbonyl (C=O) groups excluding carboxylic acids is 2. The first-order valence-corrected chi connectivity index (χ1v) is 8.30. The number of amides is 2. The number of likely N-dealkylation sites (tertiary alicyclic amines) is 1. The van der Waals surface area contributed by atoms with Crippen LogP contribution in [0.2, 0.25) is 0 Å². The fourth-order valence-corrected chi connectivity index (χ4v) is 3.47. The highest BCUT2D eigenvalue weighted by Crippen LogP contribution is 2.33. The average Bonchev–Trinajstić information content (AvgIpc) is 3.01. The van der Waals surface area contributed by atoms with Gasteiger partial charge in [0.05, 0.1) is 0 Å². The summed E-state index contributed by atoms with van der Waals surface area (Å²) >= 11 is 0. The quantitative estimate of drug-likeness (QED) is 0.785. The monoisotopic (exact) mass is 331 g/mol. The van der Waals surface area contributed by atoms with Crippen molar-refractivity contribution in [3.05, 3.63) is 23.8 Å². The van der Waals surface area contributed by atoms with Crippen LogP contribution < -0.4 is 9.47 Å². The lowest BCUT2D eigenvalue weighted by atomic mass is 10.0. The summed E-state index contributed by atoms with van der Waals surface area (Å²) in [5.74, 6) is 1.50. The summed E-state index contributed by atoms with van der Waals surface area (Å²) in [5.41, 5.74) is 0.638. The third-order valence-electron chi connectivity index (χ3n) is 5.04. The second kappa shape index (κ2) is 5.98. The summed E-state index contributed by atoms with van der Waals surface area (Å²) in [4.78, 5) is 30.0. The summed E-state index contributed by atoms with van der Waals surface area (Å²) < 4.78 is 10.6. The highest BCUT2D eigenvalue weighted by atomic mass is 16.7. The zero-order valence-corrected chi connectivity index (χ0v) is 13.7. The molecule has 3 aliphatic rings. The Kier molecular flexibility index (Phi) is 3.80. The molecule has 3 heterocycles. The molecule has 0 radical (unpaired) electrons. The molecule has 7 heteroatoms. The molecule has 7 nitrogen and oxygen atoms in total. The van der Waals surface area contributed by atoms with E-state index in [2.05, 4.69) is 4.90 Å². The topological polar surface area (TPSA) is 62.3 Å². The van der Waals surface area contributed by atoms with E-state index in [4.69, 9.17) is 9.47 Å². The van der Waals surface area contributed by atoms with Crippen molar-refractivity contribution in [3.8, 4) is 11.5 Å². The maximum absolute atomic E-state index is 12.6. The van der Waals surface area contributed by atoms with Crippen LogP contribution in [0.3, 0.4) is 0 Å². The Morgan fingerprint density at radius 2 is 1.71 bits per heavy atom. The van der Waals surface area contributed by atoms with Crippen molar-refractivity contribution in [2.24, 2.45) is 0 Å². The summed E-state index contributed by atoms with van der Waals surface area (Å²) in [6.07, 6.45) is 0. The molecular formula is C17H21N3O4. The number of carbonyl (C=O) groups is 2. The van der Waals surface area contributed by atoms with Gasteiger partial charge in [-0.05, 0) is 18.2 Å². The van der Waals surface area contributed by atoms with E-state index in [9.17, 15) is 9.59 Å². The van der Waals surface area contributed by atoms with Gasteiger partial charge >= 0.3 is 0 Å².